The molecule has 1 aliphatic heterocycles. The van der Waals surface area contributed by atoms with E-state index in [0.29, 0.717) is 0 Å². The standard InChI is InChI=1S/C18H19N3/c1-13-14(7-6-10-17(13)21-11-4-5-12-21)18-19-15-8-2-3-9-16(15)20-18/h2-3,6-10H,4-5,11-12H2,1H3,(H,19,20). The summed E-state index contributed by atoms with van der Waals surface area (Å²) < 4.78 is 0. The molecule has 4 rings (SSSR count). The highest BCUT2D eigenvalue weighted by molar-refractivity contribution is 5.81. The number of aromatic amines is 1. The van der Waals surface area contributed by atoms with Gasteiger partial charge in [0.15, 0.2) is 0 Å². The third-order valence-corrected chi connectivity index (χ3v) is 4.40. The van der Waals surface area contributed by atoms with Crippen LogP contribution in [0.25, 0.3) is 22.4 Å². The minimum Gasteiger partial charge on any atom is -0.371 e. The molecule has 1 N–H and O–H groups in total. The number of H-pyrrole nitrogens is 1. The first-order valence-electron chi connectivity index (χ1n) is 7.62. The lowest BCUT2D eigenvalue weighted by Crippen LogP contribution is -2.18. The molecular weight excluding hydrogens is 258 g/mol. The molecule has 0 radical (unpaired) electrons. The number of hydrogen-bond acceptors (Lipinski definition) is 2. The SMILES string of the molecule is Cc1c(-c2nc3ccccc3[nH]2)cccc1N1CCCC1. The van der Waals surface area contributed by atoms with E-state index in [1.807, 2.05) is 12.1 Å². The second-order valence-electron chi connectivity index (χ2n) is 5.75. The van der Waals surface area contributed by atoms with Crippen LogP contribution in [0.5, 0.6) is 0 Å². The van der Waals surface area contributed by atoms with Gasteiger partial charge in [-0.25, -0.2) is 4.98 Å². The summed E-state index contributed by atoms with van der Waals surface area (Å²) in [6.45, 7) is 4.55. The van der Waals surface area contributed by atoms with E-state index in [1.165, 1.54) is 42.7 Å². The molecule has 21 heavy (non-hydrogen) atoms. The number of anilines is 1. The molecule has 0 unspecified atom stereocenters. The average molecular weight is 277 g/mol. The Morgan fingerprint density at radius 1 is 1.00 bits per heavy atom. The molecule has 2 aromatic carbocycles. The predicted octanol–water partition coefficient (Wildman–Crippen LogP) is 4.14. The Morgan fingerprint density at radius 2 is 1.81 bits per heavy atom. The van der Waals surface area contributed by atoms with E-state index in [2.05, 4.69) is 47.1 Å². The van der Waals surface area contributed by atoms with Crippen molar-refractivity contribution >= 4 is 16.7 Å². The molecular formula is C18H19N3. The number of benzene rings is 2. The van der Waals surface area contributed by atoms with Gasteiger partial charge in [-0.15, -0.1) is 0 Å². The van der Waals surface area contributed by atoms with Gasteiger partial charge >= 0.3 is 0 Å². The molecule has 0 atom stereocenters. The molecule has 1 aromatic heterocycles. The Morgan fingerprint density at radius 3 is 2.62 bits per heavy atom. The van der Waals surface area contributed by atoms with E-state index in [0.717, 1.165) is 16.9 Å². The summed E-state index contributed by atoms with van der Waals surface area (Å²) in [7, 11) is 0. The molecule has 2 heterocycles. The van der Waals surface area contributed by atoms with E-state index in [-0.39, 0.29) is 0 Å². The zero-order chi connectivity index (χ0) is 14.2. The molecule has 3 aromatic rings. The summed E-state index contributed by atoms with van der Waals surface area (Å²) in [6, 6.07) is 14.7. The van der Waals surface area contributed by atoms with E-state index < -0.39 is 0 Å². The quantitative estimate of drug-likeness (QED) is 0.763. The Balaban J connectivity index is 1.82. The van der Waals surface area contributed by atoms with Crippen molar-refractivity contribution in [2.45, 2.75) is 19.8 Å². The van der Waals surface area contributed by atoms with E-state index in [9.17, 15) is 0 Å². The van der Waals surface area contributed by atoms with Crippen LogP contribution < -0.4 is 4.90 Å². The van der Waals surface area contributed by atoms with Gasteiger partial charge in [-0.2, -0.15) is 0 Å². The highest BCUT2D eigenvalue weighted by atomic mass is 15.1. The maximum atomic E-state index is 4.74. The zero-order valence-electron chi connectivity index (χ0n) is 12.3. The fraction of sp³-hybridized carbons (Fsp3) is 0.278. The summed E-state index contributed by atoms with van der Waals surface area (Å²) in [5, 5.41) is 0. The number of hydrogen-bond donors (Lipinski definition) is 1. The van der Waals surface area contributed by atoms with Crippen LogP contribution in [-0.4, -0.2) is 23.1 Å². The summed E-state index contributed by atoms with van der Waals surface area (Å²) in [6.07, 6.45) is 2.60. The van der Waals surface area contributed by atoms with Crippen molar-refractivity contribution in [3.63, 3.8) is 0 Å². The van der Waals surface area contributed by atoms with Gasteiger partial charge in [0.05, 0.1) is 11.0 Å². The third-order valence-electron chi connectivity index (χ3n) is 4.40. The van der Waals surface area contributed by atoms with Crippen LogP contribution in [0, 0.1) is 6.92 Å². The van der Waals surface area contributed by atoms with Gasteiger partial charge in [-0.05, 0) is 43.5 Å². The van der Waals surface area contributed by atoms with E-state index in [4.69, 9.17) is 4.98 Å². The lowest BCUT2D eigenvalue weighted by molar-refractivity contribution is 0.949. The van der Waals surface area contributed by atoms with Crippen LogP contribution in [0.4, 0.5) is 5.69 Å². The maximum Gasteiger partial charge on any atom is 0.138 e. The molecule has 1 aliphatic rings. The number of nitrogens with one attached hydrogen (secondary N) is 1. The monoisotopic (exact) mass is 277 g/mol. The van der Waals surface area contributed by atoms with Gasteiger partial charge in [0.25, 0.3) is 0 Å². The summed E-state index contributed by atoms with van der Waals surface area (Å²) >= 11 is 0. The molecule has 1 saturated heterocycles. The largest absolute Gasteiger partial charge is 0.371 e. The second kappa shape index (κ2) is 4.92. The fourth-order valence-electron chi connectivity index (χ4n) is 3.26. The van der Waals surface area contributed by atoms with Gasteiger partial charge in [0.1, 0.15) is 5.82 Å². The lowest BCUT2D eigenvalue weighted by atomic mass is 10.1. The van der Waals surface area contributed by atoms with Crippen LogP contribution in [0.1, 0.15) is 18.4 Å². The highest BCUT2D eigenvalue weighted by Gasteiger charge is 2.17. The Kier molecular flexibility index (Phi) is 2.92. The third kappa shape index (κ3) is 2.09. The zero-order valence-corrected chi connectivity index (χ0v) is 12.3. The molecule has 0 amide bonds. The number of imidazole rings is 1. The predicted molar refractivity (Wildman–Crippen MR) is 87.7 cm³/mol. The van der Waals surface area contributed by atoms with Crippen molar-refractivity contribution in [1.29, 1.82) is 0 Å². The van der Waals surface area contributed by atoms with Gasteiger partial charge < -0.3 is 9.88 Å². The smallest absolute Gasteiger partial charge is 0.138 e. The summed E-state index contributed by atoms with van der Waals surface area (Å²) in [4.78, 5) is 10.7. The number of fused-ring (bicyclic) bond motifs is 1. The minimum absolute atomic E-state index is 0.967. The number of nitrogens with zero attached hydrogens (tertiary/aromatic N) is 2. The number of rotatable bonds is 2. The normalized spacial score (nSPS) is 15.0. The fourth-order valence-corrected chi connectivity index (χ4v) is 3.26. The average Bonchev–Trinajstić information content (AvgIpc) is 3.16. The van der Waals surface area contributed by atoms with Crippen LogP contribution in [0.2, 0.25) is 0 Å². The Labute approximate surface area is 124 Å². The molecule has 0 bridgehead atoms. The van der Waals surface area contributed by atoms with E-state index in [1.54, 1.807) is 0 Å². The van der Waals surface area contributed by atoms with Gasteiger partial charge in [-0.3, -0.25) is 0 Å². The molecule has 3 nitrogen and oxygen atoms in total. The first-order valence-corrected chi connectivity index (χ1v) is 7.62. The molecule has 1 fully saturated rings. The van der Waals surface area contributed by atoms with Crippen LogP contribution in [0.15, 0.2) is 42.5 Å². The maximum absolute atomic E-state index is 4.74. The van der Waals surface area contributed by atoms with E-state index >= 15 is 0 Å². The molecule has 3 heteroatoms. The first-order chi connectivity index (χ1) is 10.3. The number of aromatic nitrogens is 2. The summed E-state index contributed by atoms with van der Waals surface area (Å²) in [5.41, 5.74) is 6.00. The minimum atomic E-state index is 0.967. The highest BCUT2D eigenvalue weighted by Crippen LogP contribution is 2.31. The molecule has 0 aliphatic carbocycles. The van der Waals surface area contributed by atoms with Crippen LogP contribution >= 0.6 is 0 Å². The van der Waals surface area contributed by atoms with Crippen molar-refractivity contribution in [3.05, 3.63) is 48.0 Å². The van der Waals surface area contributed by atoms with Crippen molar-refractivity contribution in [3.8, 4) is 11.4 Å². The van der Waals surface area contributed by atoms with Gasteiger partial charge in [0, 0.05) is 24.3 Å². The Hall–Kier alpha value is -2.29. The second-order valence-corrected chi connectivity index (χ2v) is 5.75. The number of para-hydroxylation sites is 2. The van der Waals surface area contributed by atoms with Crippen molar-refractivity contribution in [1.82, 2.24) is 9.97 Å². The van der Waals surface area contributed by atoms with Crippen molar-refractivity contribution in [2.24, 2.45) is 0 Å². The van der Waals surface area contributed by atoms with Crippen LogP contribution in [-0.2, 0) is 0 Å². The van der Waals surface area contributed by atoms with Crippen LogP contribution in [0.3, 0.4) is 0 Å². The summed E-state index contributed by atoms with van der Waals surface area (Å²) in [5.74, 6) is 0.967. The lowest BCUT2D eigenvalue weighted by Gasteiger charge is -2.21. The molecule has 106 valence electrons. The Bertz CT molecular complexity index is 749. The molecule has 0 saturated carbocycles. The van der Waals surface area contributed by atoms with Gasteiger partial charge in [0.2, 0.25) is 0 Å². The first kappa shape index (κ1) is 12.5. The topological polar surface area (TPSA) is 31.9 Å². The van der Waals surface area contributed by atoms with Gasteiger partial charge in [-0.1, -0.05) is 24.3 Å². The van der Waals surface area contributed by atoms with Crippen molar-refractivity contribution in [2.75, 3.05) is 18.0 Å². The van der Waals surface area contributed by atoms with Crippen molar-refractivity contribution < 1.29 is 0 Å². The molecule has 0 spiro atoms.